The maximum Gasteiger partial charge on any atom is 0.227 e. The number of hydrogen-bond donors (Lipinski definition) is 1. The van der Waals surface area contributed by atoms with Crippen LogP contribution in [0.25, 0.3) is 0 Å². The van der Waals surface area contributed by atoms with Crippen LogP contribution in [-0.2, 0) is 4.79 Å². The van der Waals surface area contributed by atoms with Crippen molar-refractivity contribution in [1.82, 2.24) is 14.9 Å². The summed E-state index contributed by atoms with van der Waals surface area (Å²) in [6.07, 6.45) is 4.67. The number of aromatic nitrogens is 2. The molecule has 0 bridgehead atoms. The van der Waals surface area contributed by atoms with E-state index in [1.54, 1.807) is 7.05 Å². The van der Waals surface area contributed by atoms with E-state index >= 15 is 0 Å². The largest absolute Gasteiger partial charge is 0.371 e. The molecular weight excluding hydrogens is 297 g/mol. The Kier molecular flexibility index (Phi) is 4.63. The lowest BCUT2D eigenvalue weighted by atomic mass is 9.83. The first-order valence-corrected chi connectivity index (χ1v) is 8.38. The second-order valence-electron chi connectivity index (χ2n) is 6.30. The standard InChI is InChI=1S/C16H24FN5O/c1-3-7-22-13-6-8-21(10-11(13)4-5-14(22)23)16-19-9-12(17)15(18-2)20-16/h9,11,13H,3-8,10H2,1-2H3,(H,18,19,20)/t11-,13+/m0/s1. The Morgan fingerprint density at radius 2 is 2.26 bits per heavy atom. The SMILES string of the molecule is CCCN1C(=O)CC[C@H]2CN(c3ncc(F)c(NC)n3)CC[C@H]21. The molecule has 2 fully saturated rings. The molecular formula is C16H24FN5O. The molecule has 1 aromatic heterocycles. The van der Waals surface area contributed by atoms with Gasteiger partial charge in [0.25, 0.3) is 0 Å². The van der Waals surface area contributed by atoms with E-state index in [0.29, 0.717) is 24.3 Å². The summed E-state index contributed by atoms with van der Waals surface area (Å²) < 4.78 is 13.5. The molecule has 0 unspecified atom stereocenters. The van der Waals surface area contributed by atoms with Gasteiger partial charge in [-0.3, -0.25) is 4.79 Å². The van der Waals surface area contributed by atoms with Gasteiger partial charge in [0.15, 0.2) is 11.6 Å². The zero-order valence-corrected chi connectivity index (χ0v) is 13.8. The van der Waals surface area contributed by atoms with E-state index in [4.69, 9.17) is 0 Å². The van der Waals surface area contributed by atoms with E-state index in [1.807, 2.05) is 0 Å². The number of halogens is 1. The van der Waals surface area contributed by atoms with Gasteiger partial charge in [-0.1, -0.05) is 6.92 Å². The first-order valence-electron chi connectivity index (χ1n) is 8.38. The van der Waals surface area contributed by atoms with E-state index in [-0.39, 0.29) is 11.7 Å². The molecule has 2 atom stereocenters. The maximum absolute atomic E-state index is 13.5. The van der Waals surface area contributed by atoms with E-state index in [9.17, 15) is 9.18 Å². The number of carbonyl (C=O) groups excluding carboxylic acids is 1. The molecule has 7 heteroatoms. The Bertz CT molecular complexity index is 582. The molecule has 2 saturated heterocycles. The summed E-state index contributed by atoms with van der Waals surface area (Å²) in [5.74, 6) is 1.08. The first kappa shape index (κ1) is 16.0. The lowest BCUT2D eigenvalue weighted by Gasteiger charge is -2.47. The highest BCUT2D eigenvalue weighted by Gasteiger charge is 2.39. The number of nitrogens with one attached hydrogen (secondary N) is 1. The molecule has 1 aromatic rings. The van der Waals surface area contributed by atoms with Crippen molar-refractivity contribution in [2.24, 2.45) is 5.92 Å². The molecule has 0 saturated carbocycles. The molecule has 126 valence electrons. The van der Waals surface area contributed by atoms with Crippen LogP contribution in [0.3, 0.4) is 0 Å². The normalized spacial score (nSPS) is 24.6. The summed E-state index contributed by atoms with van der Waals surface area (Å²) in [6, 6.07) is 0.330. The van der Waals surface area contributed by atoms with E-state index < -0.39 is 5.82 Å². The summed E-state index contributed by atoms with van der Waals surface area (Å²) in [5, 5.41) is 2.75. The second kappa shape index (κ2) is 6.68. The number of amides is 1. The van der Waals surface area contributed by atoms with Gasteiger partial charge in [0.2, 0.25) is 11.9 Å². The van der Waals surface area contributed by atoms with Crippen LogP contribution in [0.4, 0.5) is 16.2 Å². The summed E-state index contributed by atoms with van der Waals surface area (Å²) in [5.41, 5.74) is 0. The number of nitrogens with zero attached hydrogens (tertiary/aromatic N) is 4. The number of fused-ring (bicyclic) bond motifs is 1. The molecule has 6 nitrogen and oxygen atoms in total. The van der Waals surface area contributed by atoms with Crippen molar-refractivity contribution in [1.29, 1.82) is 0 Å². The van der Waals surface area contributed by atoms with Crippen molar-refractivity contribution in [2.45, 2.75) is 38.6 Å². The molecule has 1 N–H and O–H groups in total. The van der Waals surface area contributed by atoms with Gasteiger partial charge in [-0.2, -0.15) is 4.98 Å². The van der Waals surface area contributed by atoms with Crippen LogP contribution in [0.15, 0.2) is 6.20 Å². The summed E-state index contributed by atoms with van der Waals surface area (Å²) >= 11 is 0. The highest BCUT2D eigenvalue weighted by atomic mass is 19.1. The number of hydrogen-bond acceptors (Lipinski definition) is 5. The highest BCUT2D eigenvalue weighted by Crippen LogP contribution is 2.32. The van der Waals surface area contributed by atoms with E-state index in [0.717, 1.165) is 38.9 Å². The summed E-state index contributed by atoms with van der Waals surface area (Å²) in [6.45, 7) is 4.57. The average molecular weight is 321 g/mol. The number of piperidine rings is 2. The fourth-order valence-corrected chi connectivity index (χ4v) is 3.75. The Labute approximate surface area is 136 Å². The van der Waals surface area contributed by atoms with Crippen molar-refractivity contribution in [3.05, 3.63) is 12.0 Å². The minimum Gasteiger partial charge on any atom is -0.371 e. The number of rotatable bonds is 4. The third-order valence-electron chi connectivity index (χ3n) is 4.86. The number of anilines is 2. The maximum atomic E-state index is 13.5. The molecule has 3 rings (SSSR count). The zero-order chi connectivity index (χ0) is 16.4. The van der Waals surface area contributed by atoms with Crippen molar-refractivity contribution in [3.63, 3.8) is 0 Å². The molecule has 1 amide bonds. The van der Waals surface area contributed by atoms with Gasteiger partial charge in [0.1, 0.15) is 0 Å². The fourth-order valence-electron chi connectivity index (χ4n) is 3.75. The van der Waals surface area contributed by atoms with Crippen LogP contribution >= 0.6 is 0 Å². The van der Waals surface area contributed by atoms with Crippen LogP contribution in [-0.4, -0.2) is 53.5 Å². The van der Waals surface area contributed by atoms with E-state index in [1.165, 1.54) is 6.20 Å². The Balaban J connectivity index is 1.74. The lowest BCUT2D eigenvalue weighted by Crippen LogP contribution is -2.56. The smallest absolute Gasteiger partial charge is 0.227 e. The molecule has 2 aliphatic rings. The molecule has 0 aromatic carbocycles. The van der Waals surface area contributed by atoms with Crippen molar-refractivity contribution >= 4 is 17.7 Å². The lowest BCUT2D eigenvalue weighted by molar-refractivity contribution is -0.139. The van der Waals surface area contributed by atoms with Gasteiger partial charge < -0.3 is 15.1 Å². The molecule has 3 heterocycles. The zero-order valence-electron chi connectivity index (χ0n) is 13.8. The minimum atomic E-state index is -0.441. The van der Waals surface area contributed by atoms with Gasteiger partial charge in [-0.05, 0) is 25.2 Å². The highest BCUT2D eigenvalue weighted by molar-refractivity contribution is 5.77. The van der Waals surface area contributed by atoms with Crippen LogP contribution in [0.1, 0.15) is 32.6 Å². The van der Waals surface area contributed by atoms with Crippen LogP contribution in [0, 0.1) is 11.7 Å². The molecule has 0 aliphatic carbocycles. The van der Waals surface area contributed by atoms with Gasteiger partial charge in [0.05, 0.1) is 6.20 Å². The van der Waals surface area contributed by atoms with Gasteiger partial charge >= 0.3 is 0 Å². The Morgan fingerprint density at radius 3 is 3.00 bits per heavy atom. The minimum absolute atomic E-state index is 0.226. The predicted molar refractivity (Wildman–Crippen MR) is 86.9 cm³/mol. The van der Waals surface area contributed by atoms with Gasteiger partial charge in [0, 0.05) is 39.1 Å². The van der Waals surface area contributed by atoms with Crippen molar-refractivity contribution in [3.8, 4) is 0 Å². The number of likely N-dealkylation sites (tertiary alicyclic amines) is 1. The van der Waals surface area contributed by atoms with Crippen LogP contribution in [0.5, 0.6) is 0 Å². The third kappa shape index (κ3) is 3.09. The monoisotopic (exact) mass is 321 g/mol. The van der Waals surface area contributed by atoms with Crippen LogP contribution in [0.2, 0.25) is 0 Å². The summed E-state index contributed by atoms with van der Waals surface area (Å²) in [7, 11) is 1.65. The first-order chi connectivity index (χ1) is 11.1. The van der Waals surface area contributed by atoms with Gasteiger partial charge in [-0.25, -0.2) is 9.37 Å². The van der Waals surface area contributed by atoms with E-state index in [2.05, 4.69) is 32.0 Å². The Hall–Kier alpha value is -1.92. The van der Waals surface area contributed by atoms with Gasteiger partial charge in [-0.15, -0.1) is 0 Å². The fraction of sp³-hybridized carbons (Fsp3) is 0.688. The third-order valence-corrected chi connectivity index (χ3v) is 4.86. The van der Waals surface area contributed by atoms with Crippen molar-refractivity contribution < 1.29 is 9.18 Å². The predicted octanol–water partition coefficient (Wildman–Crippen LogP) is 1.88. The average Bonchev–Trinajstić information content (AvgIpc) is 2.57. The molecule has 0 radical (unpaired) electrons. The molecule has 23 heavy (non-hydrogen) atoms. The Morgan fingerprint density at radius 1 is 1.43 bits per heavy atom. The quantitative estimate of drug-likeness (QED) is 0.917. The molecule has 0 spiro atoms. The van der Waals surface area contributed by atoms with Crippen molar-refractivity contribution in [2.75, 3.05) is 36.9 Å². The summed E-state index contributed by atoms with van der Waals surface area (Å²) in [4.78, 5) is 24.7. The van der Waals surface area contributed by atoms with Crippen LogP contribution < -0.4 is 10.2 Å². The topological polar surface area (TPSA) is 61.4 Å². The molecule has 2 aliphatic heterocycles. The second-order valence-corrected chi connectivity index (χ2v) is 6.30. The number of carbonyl (C=O) groups is 1.